The molecule has 0 unspecified atom stereocenters. The number of nitrogen functional groups attached to an aromatic ring is 1. The normalized spacial score (nSPS) is 16.7. The van der Waals surface area contributed by atoms with Crippen LogP contribution in [0.15, 0.2) is 0 Å². The molecule has 6 nitrogen and oxygen atoms in total. The first kappa shape index (κ1) is 15.1. The van der Waals surface area contributed by atoms with Crippen LogP contribution in [-0.2, 0) is 0 Å². The maximum absolute atomic E-state index is 12.5. The molecule has 0 spiro atoms. The van der Waals surface area contributed by atoms with Crippen LogP contribution in [0.5, 0.6) is 0 Å². The summed E-state index contributed by atoms with van der Waals surface area (Å²) in [6, 6.07) is 0.529. The summed E-state index contributed by atoms with van der Waals surface area (Å²) in [5.74, 6) is 0.342. The third-order valence-electron chi connectivity index (χ3n) is 3.51. The Kier molecular flexibility index (Phi) is 4.82. The second-order valence-electron chi connectivity index (χ2n) is 5.19. The predicted octanol–water partition coefficient (Wildman–Crippen LogP) is 1.32. The van der Waals surface area contributed by atoms with Crippen molar-refractivity contribution >= 4 is 28.2 Å². The lowest BCUT2D eigenvalue weighted by atomic mass is 10.2. The fourth-order valence-electron chi connectivity index (χ4n) is 2.30. The average molecular weight is 297 g/mol. The minimum atomic E-state index is 0.00700. The van der Waals surface area contributed by atoms with Gasteiger partial charge >= 0.3 is 0 Å². The van der Waals surface area contributed by atoms with E-state index in [1.165, 1.54) is 11.3 Å². The summed E-state index contributed by atoms with van der Waals surface area (Å²) in [6.45, 7) is 10.5. The highest BCUT2D eigenvalue weighted by atomic mass is 32.1. The van der Waals surface area contributed by atoms with Gasteiger partial charge in [0.25, 0.3) is 5.91 Å². The van der Waals surface area contributed by atoms with Gasteiger partial charge in [-0.3, -0.25) is 9.69 Å². The number of hydrogen-bond acceptors (Lipinski definition) is 6. The molecule has 2 heterocycles. The standard InChI is InChI=1S/C13H23N5OS/c1-4-15-13-16-11(14)10(20-13)12(19)18-7-5-17(6-8-18)9(2)3/h9H,4-8,14H2,1-3H3,(H,15,16). The molecule has 1 saturated heterocycles. The van der Waals surface area contributed by atoms with Gasteiger partial charge in [-0.25, -0.2) is 4.98 Å². The van der Waals surface area contributed by atoms with Crippen molar-refractivity contribution in [2.45, 2.75) is 26.8 Å². The van der Waals surface area contributed by atoms with Gasteiger partial charge in [0.1, 0.15) is 10.7 Å². The highest BCUT2D eigenvalue weighted by Gasteiger charge is 2.26. The molecule has 1 aliphatic heterocycles. The molecule has 0 atom stereocenters. The molecule has 7 heteroatoms. The van der Waals surface area contributed by atoms with Gasteiger partial charge in [-0.1, -0.05) is 11.3 Å². The molecule has 1 aromatic heterocycles. The number of nitrogens with zero attached hydrogens (tertiary/aromatic N) is 3. The molecular formula is C13H23N5OS. The largest absolute Gasteiger partial charge is 0.382 e. The van der Waals surface area contributed by atoms with Crippen molar-refractivity contribution in [3.63, 3.8) is 0 Å². The van der Waals surface area contributed by atoms with Crippen LogP contribution < -0.4 is 11.1 Å². The fourth-order valence-corrected chi connectivity index (χ4v) is 3.22. The van der Waals surface area contributed by atoms with Crippen LogP contribution in [-0.4, -0.2) is 59.5 Å². The van der Waals surface area contributed by atoms with E-state index in [0.29, 0.717) is 21.9 Å². The average Bonchev–Trinajstić information content (AvgIpc) is 2.79. The second kappa shape index (κ2) is 6.41. The summed E-state index contributed by atoms with van der Waals surface area (Å²) in [4.78, 5) is 21.5. The first-order chi connectivity index (χ1) is 9.52. The molecule has 0 aliphatic carbocycles. The Bertz CT molecular complexity index is 465. The fraction of sp³-hybridized carbons (Fsp3) is 0.692. The molecule has 1 aromatic rings. The number of piperazine rings is 1. The third kappa shape index (κ3) is 3.21. The minimum absolute atomic E-state index is 0.00700. The van der Waals surface area contributed by atoms with E-state index in [-0.39, 0.29) is 5.91 Å². The highest BCUT2D eigenvalue weighted by Crippen LogP contribution is 2.26. The van der Waals surface area contributed by atoms with E-state index in [1.54, 1.807) is 0 Å². The van der Waals surface area contributed by atoms with Crippen LogP contribution in [0.1, 0.15) is 30.4 Å². The first-order valence-electron chi connectivity index (χ1n) is 7.06. The number of nitrogens with two attached hydrogens (primary N) is 1. The van der Waals surface area contributed by atoms with Crippen molar-refractivity contribution in [3.8, 4) is 0 Å². The zero-order valence-corrected chi connectivity index (χ0v) is 13.2. The number of anilines is 2. The summed E-state index contributed by atoms with van der Waals surface area (Å²) in [7, 11) is 0. The van der Waals surface area contributed by atoms with Crippen LogP contribution in [0.25, 0.3) is 0 Å². The van der Waals surface area contributed by atoms with Crippen molar-refractivity contribution in [1.82, 2.24) is 14.8 Å². The molecule has 20 heavy (non-hydrogen) atoms. The maximum atomic E-state index is 12.5. The van der Waals surface area contributed by atoms with Gasteiger partial charge in [0.2, 0.25) is 0 Å². The van der Waals surface area contributed by atoms with Crippen LogP contribution in [0, 0.1) is 0 Å². The SMILES string of the molecule is CCNc1nc(N)c(C(=O)N2CCN(C(C)C)CC2)s1. The molecule has 0 saturated carbocycles. The van der Waals surface area contributed by atoms with Gasteiger partial charge in [0, 0.05) is 38.8 Å². The lowest BCUT2D eigenvalue weighted by Crippen LogP contribution is -2.50. The van der Waals surface area contributed by atoms with Gasteiger partial charge in [-0.05, 0) is 20.8 Å². The van der Waals surface area contributed by atoms with Crippen LogP contribution in [0.3, 0.4) is 0 Å². The van der Waals surface area contributed by atoms with Crippen molar-refractivity contribution in [2.75, 3.05) is 43.8 Å². The van der Waals surface area contributed by atoms with Crippen molar-refractivity contribution in [3.05, 3.63) is 4.88 Å². The Hall–Kier alpha value is -1.34. The Labute approximate surface area is 124 Å². The quantitative estimate of drug-likeness (QED) is 0.877. The Morgan fingerprint density at radius 1 is 1.40 bits per heavy atom. The molecule has 1 fully saturated rings. The molecule has 0 aromatic carbocycles. The molecule has 0 bridgehead atoms. The molecule has 112 valence electrons. The van der Waals surface area contributed by atoms with E-state index in [4.69, 9.17) is 5.73 Å². The van der Waals surface area contributed by atoms with Gasteiger partial charge in [-0.2, -0.15) is 0 Å². The molecule has 1 amide bonds. The second-order valence-corrected chi connectivity index (χ2v) is 6.18. The Balaban J connectivity index is 2.01. The number of rotatable bonds is 4. The summed E-state index contributed by atoms with van der Waals surface area (Å²) >= 11 is 1.34. The molecular weight excluding hydrogens is 274 g/mol. The van der Waals surface area contributed by atoms with E-state index in [9.17, 15) is 4.79 Å². The number of nitrogens with one attached hydrogen (secondary N) is 1. The predicted molar refractivity (Wildman–Crippen MR) is 83.3 cm³/mol. The van der Waals surface area contributed by atoms with E-state index >= 15 is 0 Å². The molecule has 0 radical (unpaired) electrons. The summed E-state index contributed by atoms with van der Waals surface area (Å²) in [5.41, 5.74) is 5.86. The smallest absolute Gasteiger partial charge is 0.267 e. The Morgan fingerprint density at radius 3 is 2.60 bits per heavy atom. The molecule has 1 aliphatic rings. The zero-order valence-electron chi connectivity index (χ0n) is 12.3. The van der Waals surface area contributed by atoms with E-state index in [0.717, 1.165) is 32.7 Å². The van der Waals surface area contributed by atoms with Crippen molar-refractivity contribution in [1.29, 1.82) is 0 Å². The molecule has 2 rings (SSSR count). The monoisotopic (exact) mass is 297 g/mol. The van der Waals surface area contributed by atoms with Crippen LogP contribution >= 0.6 is 11.3 Å². The molecule has 3 N–H and O–H groups in total. The zero-order chi connectivity index (χ0) is 14.7. The highest BCUT2D eigenvalue weighted by molar-refractivity contribution is 7.18. The lowest BCUT2D eigenvalue weighted by Gasteiger charge is -2.36. The number of amides is 1. The Morgan fingerprint density at radius 2 is 2.05 bits per heavy atom. The van der Waals surface area contributed by atoms with Crippen LogP contribution in [0.4, 0.5) is 10.9 Å². The van der Waals surface area contributed by atoms with Gasteiger partial charge in [0.15, 0.2) is 5.13 Å². The lowest BCUT2D eigenvalue weighted by molar-refractivity contribution is 0.0601. The first-order valence-corrected chi connectivity index (χ1v) is 7.88. The number of carbonyl (C=O) groups excluding carboxylic acids is 1. The van der Waals surface area contributed by atoms with E-state index in [1.807, 2.05) is 11.8 Å². The van der Waals surface area contributed by atoms with Crippen LogP contribution in [0.2, 0.25) is 0 Å². The number of carbonyl (C=O) groups is 1. The van der Waals surface area contributed by atoms with E-state index in [2.05, 4.69) is 29.0 Å². The topological polar surface area (TPSA) is 74.5 Å². The minimum Gasteiger partial charge on any atom is -0.382 e. The third-order valence-corrected chi connectivity index (χ3v) is 4.52. The number of hydrogen-bond donors (Lipinski definition) is 2. The van der Waals surface area contributed by atoms with Crippen molar-refractivity contribution < 1.29 is 4.79 Å². The van der Waals surface area contributed by atoms with Gasteiger partial charge < -0.3 is 16.0 Å². The van der Waals surface area contributed by atoms with Gasteiger partial charge in [0.05, 0.1) is 0 Å². The maximum Gasteiger partial charge on any atom is 0.267 e. The summed E-state index contributed by atoms with van der Waals surface area (Å²) in [6.07, 6.45) is 0. The van der Waals surface area contributed by atoms with Gasteiger partial charge in [-0.15, -0.1) is 0 Å². The van der Waals surface area contributed by atoms with E-state index < -0.39 is 0 Å². The summed E-state index contributed by atoms with van der Waals surface area (Å²) < 4.78 is 0. The number of thiazole rings is 1. The summed E-state index contributed by atoms with van der Waals surface area (Å²) in [5, 5.41) is 3.81. The number of aromatic nitrogens is 1. The van der Waals surface area contributed by atoms with Crippen molar-refractivity contribution in [2.24, 2.45) is 0 Å².